The van der Waals surface area contributed by atoms with Crippen molar-refractivity contribution in [3.63, 3.8) is 0 Å². The molecule has 6 heteroatoms. The van der Waals surface area contributed by atoms with Gasteiger partial charge in [0.05, 0.1) is 24.9 Å². The van der Waals surface area contributed by atoms with E-state index in [1.54, 1.807) is 19.2 Å². The summed E-state index contributed by atoms with van der Waals surface area (Å²) < 4.78 is 18.3. The molecule has 0 aliphatic carbocycles. The lowest BCUT2D eigenvalue weighted by Crippen LogP contribution is -2.15. The van der Waals surface area contributed by atoms with E-state index in [2.05, 4.69) is 22.4 Å². The summed E-state index contributed by atoms with van der Waals surface area (Å²) in [4.78, 5) is 12.6. The molecular weight excluding hydrogens is 345 g/mol. The quantitative estimate of drug-likeness (QED) is 0.652. The Bertz CT molecular complexity index is 919. The summed E-state index contributed by atoms with van der Waals surface area (Å²) in [6.07, 6.45) is 1.85. The molecule has 0 fully saturated rings. The molecule has 3 aromatic rings. The number of aromatic amines is 1. The molecule has 1 aromatic heterocycles. The number of hydrogen-bond acceptors (Lipinski definition) is 3. The first-order chi connectivity index (χ1) is 13.1. The minimum absolute atomic E-state index is 0.161. The second-order valence-electron chi connectivity index (χ2n) is 6.26. The molecule has 2 N–H and O–H groups in total. The average molecular weight is 367 g/mol. The number of nitrogens with one attached hydrogen (secondary N) is 2. The highest BCUT2D eigenvalue weighted by molar-refractivity contribution is 5.96. The Kier molecular flexibility index (Phi) is 5.86. The summed E-state index contributed by atoms with van der Waals surface area (Å²) >= 11 is 0. The Labute approximate surface area is 157 Å². The van der Waals surface area contributed by atoms with Crippen molar-refractivity contribution in [3.8, 4) is 17.0 Å². The van der Waals surface area contributed by atoms with Gasteiger partial charge in [-0.15, -0.1) is 0 Å². The lowest BCUT2D eigenvalue weighted by molar-refractivity contribution is -0.115. The molecule has 0 saturated carbocycles. The Balaban J connectivity index is 1.87. The van der Waals surface area contributed by atoms with E-state index in [-0.39, 0.29) is 18.1 Å². The first-order valence-corrected chi connectivity index (χ1v) is 8.86. The molecule has 1 heterocycles. The SMILES string of the molecule is CCCc1[nH]nc(-c2cccc(OC)c2)c1NC(=O)Cc1ccc(F)cc1. The van der Waals surface area contributed by atoms with Gasteiger partial charge < -0.3 is 10.1 Å². The van der Waals surface area contributed by atoms with Crippen LogP contribution in [-0.4, -0.2) is 23.2 Å². The zero-order valence-electron chi connectivity index (χ0n) is 15.4. The third-order valence-electron chi connectivity index (χ3n) is 4.23. The van der Waals surface area contributed by atoms with Gasteiger partial charge in [-0.1, -0.05) is 37.6 Å². The smallest absolute Gasteiger partial charge is 0.228 e. The molecule has 0 spiro atoms. The summed E-state index contributed by atoms with van der Waals surface area (Å²) in [6, 6.07) is 13.5. The van der Waals surface area contributed by atoms with E-state index < -0.39 is 0 Å². The third-order valence-corrected chi connectivity index (χ3v) is 4.23. The van der Waals surface area contributed by atoms with E-state index in [1.165, 1.54) is 12.1 Å². The topological polar surface area (TPSA) is 67.0 Å². The average Bonchev–Trinajstić information content (AvgIpc) is 3.06. The normalized spacial score (nSPS) is 10.6. The molecule has 3 rings (SSSR count). The molecule has 5 nitrogen and oxygen atoms in total. The number of methoxy groups -OCH3 is 1. The van der Waals surface area contributed by atoms with Crippen LogP contribution in [0.15, 0.2) is 48.5 Å². The number of ether oxygens (including phenoxy) is 1. The van der Waals surface area contributed by atoms with Crippen LogP contribution in [0.2, 0.25) is 0 Å². The van der Waals surface area contributed by atoms with Crippen LogP contribution >= 0.6 is 0 Å². The van der Waals surface area contributed by atoms with Crippen molar-refractivity contribution < 1.29 is 13.9 Å². The van der Waals surface area contributed by atoms with E-state index >= 15 is 0 Å². The van der Waals surface area contributed by atoms with Crippen molar-refractivity contribution in [2.24, 2.45) is 0 Å². The van der Waals surface area contributed by atoms with Crippen LogP contribution in [-0.2, 0) is 17.6 Å². The molecule has 27 heavy (non-hydrogen) atoms. The molecule has 0 atom stereocenters. The molecule has 2 aromatic carbocycles. The van der Waals surface area contributed by atoms with Gasteiger partial charge in [0.15, 0.2) is 0 Å². The van der Waals surface area contributed by atoms with Crippen molar-refractivity contribution in [2.45, 2.75) is 26.2 Å². The number of halogens is 1. The second-order valence-corrected chi connectivity index (χ2v) is 6.26. The molecule has 0 saturated heterocycles. The lowest BCUT2D eigenvalue weighted by Gasteiger charge is -2.09. The van der Waals surface area contributed by atoms with Crippen LogP contribution in [0.5, 0.6) is 5.75 Å². The number of H-pyrrole nitrogens is 1. The molecule has 1 amide bonds. The second kappa shape index (κ2) is 8.49. The zero-order valence-corrected chi connectivity index (χ0v) is 15.4. The molecule has 140 valence electrons. The van der Waals surface area contributed by atoms with E-state index in [9.17, 15) is 9.18 Å². The molecule has 0 aliphatic heterocycles. The predicted molar refractivity (Wildman–Crippen MR) is 103 cm³/mol. The predicted octanol–water partition coefficient (Wildman–Crippen LogP) is 4.36. The Hall–Kier alpha value is -3.15. The van der Waals surface area contributed by atoms with Gasteiger partial charge >= 0.3 is 0 Å². The molecule has 0 unspecified atom stereocenters. The van der Waals surface area contributed by atoms with Crippen LogP contribution < -0.4 is 10.1 Å². The monoisotopic (exact) mass is 367 g/mol. The lowest BCUT2D eigenvalue weighted by atomic mass is 10.1. The highest BCUT2D eigenvalue weighted by atomic mass is 19.1. The maximum absolute atomic E-state index is 13.0. The number of hydrogen-bond donors (Lipinski definition) is 2. The van der Waals surface area contributed by atoms with Crippen molar-refractivity contribution in [2.75, 3.05) is 12.4 Å². The van der Waals surface area contributed by atoms with E-state index in [1.807, 2.05) is 24.3 Å². The maximum atomic E-state index is 13.0. The maximum Gasteiger partial charge on any atom is 0.228 e. The zero-order chi connectivity index (χ0) is 19.2. The Morgan fingerprint density at radius 1 is 1.22 bits per heavy atom. The van der Waals surface area contributed by atoms with Crippen LogP contribution in [0, 0.1) is 5.82 Å². The molecule has 0 bridgehead atoms. The first kappa shape index (κ1) is 18.6. The van der Waals surface area contributed by atoms with Gasteiger partial charge in [-0.3, -0.25) is 9.89 Å². The van der Waals surface area contributed by atoms with Gasteiger partial charge in [0.25, 0.3) is 0 Å². The number of aromatic nitrogens is 2. The summed E-state index contributed by atoms with van der Waals surface area (Å²) in [6.45, 7) is 2.07. The van der Waals surface area contributed by atoms with Crippen molar-refractivity contribution in [1.82, 2.24) is 10.2 Å². The fraction of sp³-hybridized carbons (Fsp3) is 0.238. The number of amides is 1. The highest BCUT2D eigenvalue weighted by Gasteiger charge is 2.17. The largest absolute Gasteiger partial charge is 0.497 e. The van der Waals surface area contributed by atoms with E-state index in [0.717, 1.165) is 35.4 Å². The van der Waals surface area contributed by atoms with Gasteiger partial charge in [0, 0.05) is 5.56 Å². The summed E-state index contributed by atoms with van der Waals surface area (Å²) in [5.41, 5.74) is 3.83. The number of carbonyl (C=O) groups excluding carboxylic acids is 1. The number of nitrogens with zero attached hydrogens (tertiary/aromatic N) is 1. The third kappa shape index (κ3) is 4.53. The Morgan fingerprint density at radius 2 is 2.00 bits per heavy atom. The Morgan fingerprint density at radius 3 is 2.70 bits per heavy atom. The van der Waals surface area contributed by atoms with Crippen molar-refractivity contribution >= 4 is 11.6 Å². The fourth-order valence-electron chi connectivity index (χ4n) is 2.89. The summed E-state index contributed by atoms with van der Waals surface area (Å²) in [5.74, 6) is 0.222. The number of aryl methyl sites for hydroxylation is 1. The van der Waals surface area contributed by atoms with Crippen molar-refractivity contribution in [3.05, 3.63) is 65.6 Å². The van der Waals surface area contributed by atoms with E-state index in [4.69, 9.17) is 4.74 Å². The van der Waals surface area contributed by atoms with Crippen molar-refractivity contribution in [1.29, 1.82) is 0 Å². The number of anilines is 1. The first-order valence-electron chi connectivity index (χ1n) is 8.86. The molecular formula is C21H22FN3O2. The standard InChI is InChI=1S/C21H22FN3O2/c1-3-5-18-21(23-19(26)12-14-8-10-16(22)11-9-14)20(25-24-18)15-6-4-7-17(13-15)27-2/h4,6-11,13H,3,5,12H2,1-2H3,(H,23,26)(H,24,25). The number of benzene rings is 2. The molecule has 0 aliphatic rings. The van der Waals surface area contributed by atoms with Crippen LogP contribution in [0.25, 0.3) is 11.3 Å². The van der Waals surface area contributed by atoms with Crippen LogP contribution in [0.4, 0.5) is 10.1 Å². The highest BCUT2D eigenvalue weighted by Crippen LogP contribution is 2.31. The van der Waals surface area contributed by atoms with Gasteiger partial charge in [0.1, 0.15) is 17.3 Å². The molecule has 0 radical (unpaired) electrons. The minimum atomic E-state index is -0.320. The van der Waals surface area contributed by atoms with Crippen LogP contribution in [0.1, 0.15) is 24.6 Å². The van der Waals surface area contributed by atoms with Gasteiger partial charge in [-0.2, -0.15) is 5.10 Å². The minimum Gasteiger partial charge on any atom is -0.497 e. The van der Waals surface area contributed by atoms with Gasteiger partial charge in [-0.25, -0.2) is 4.39 Å². The fourth-order valence-corrected chi connectivity index (χ4v) is 2.89. The summed E-state index contributed by atoms with van der Waals surface area (Å²) in [7, 11) is 1.61. The van der Waals surface area contributed by atoms with E-state index in [0.29, 0.717) is 11.4 Å². The number of carbonyl (C=O) groups is 1. The number of rotatable bonds is 7. The van der Waals surface area contributed by atoms with Crippen LogP contribution in [0.3, 0.4) is 0 Å². The summed E-state index contributed by atoms with van der Waals surface area (Å²) in [5, 5.41) is 10.4. The van der Waals surface area contributed by atoms with Gasteiger partial charge in [0.2, 0.25) is 5.91 Å². The van der Waals surface area contributed by atoms with Gasteiger partial charge in [-0.05, 0) is 36.2 Å².